The van der Waals surface area contributed by atoms with Crippen molar-refractivity contribution in [3.8, 4) is 11.3 Å². The monoisotopic (exact) mass is 370 g/mol. The van der Waals surface area contributed by atoms with Gasteiger partial charge in [0.15, 0.2) is 0 Å². The molecule has 0 spiro atoms. The normalized spacial score (nSPS) is 14.7. The third kappa shape index (κ3) is 4.59. The Morgan fingerprint density at radius 1 is 1.26 bits per heavy atom. The first-order valence-corrected chi connectivity index (χ1v) is 8.76. The average molecular weight is 370 g/mol. The van der Waals surface area contributed by atoms with Gasteiger partial charge < -0.3 is 19.4 Å². The molecule has 2 N–H and O–H groups in total. The Labute approximate surface area is 156 Å². The SMILES string of the molecule is COC(C)c1nnc(C2CCC2)o1.NC(=O)c1cc(-c2ccccc2)no1. The molecule has 1 saturated carbocycles. The Morgan fingerprint density at radius 2 is 2.00 bits per heavy atom. The summed E-state index contributed by atoms with van der Waals surface area (Å²) >= 11 is 0. The van der Waals surface area contributed by atoms with E-state index < -0.39 is 5.91 Å². The van der Waals surface area contributed by atoms with E-state index in [2.05, 4.69) is 15.4 Å². The van der Waals surface area contributed by atoms with E-state index in [1.54, 1.807) is 7.11 Å². The summed E-state index contributed by atoms with van der Waals surface area (Å²) in [5, 5.41) is 11.7. The van der Waals surface area contributed by atoms with Crippen molar-refractivity contribution in [2.24, 2.45) is 5.73 Å². The Bertz CT molecular complexity index is 851. The minimum atomic E-state index is -0.611. The minimum Gasteiger partial charge on any atom is -0.422 e. The lowest BCUT2D eigenvalue weighted by Crippen LogP contribution is -2.09. The molecule has 0 aliphatic heterocycles. The molecule has 1 amide bonds. The standard InChI is InChI=1S/C10H8N2O2.C9H14N2O2/c11-10(13)9-6-8(12-14-9)7-4-2-1-3-5-7;1-6(12-2)8-10-11-9(13-8)7-4-3-5-7/h1-6H,(H2,11,13);6-7H,3-5H2,1-2H3. The maximum Gasteiger partial charge on any atom is 0.287 e. The number of hydrogen-bond acceptors (Lipinski definition) is 7. The first kappa shape index (κ1) is 18.8. The average Bonchev–Trinajstić information content (AvgIpc) is 3.31. The molecule has 1 aromatic carbocycles. The molecule has 0 saturated heterocycles. The van der Waals surface area contributed by atoms with Crippen molar-refractivity contribution in [1.82, 2.24) is 15.4 Å². The Balaban J connectivity index is 0.000000156. The number of carbonyl (C=O) groups excluding carboxylic acids is 1. The van der Waals surface area contributed by atoms with E-state index in [0.29, 0.717) is 17.5 Å². The van der Waals surface area contributed by atoms with Gasteiger partial charge in [-0.3, -0.25) is 4.79 Å². The fraction of sp³-hybridized carbons (Fsp3) is 0.368. The van der Waals surface area contributed by atoms with Gasteiger partial charge in [0, 0.05) is 24.7 Å². The molecule has 3 aromatic rings. The molecule has 27 heavy (non-hydrogen) atoms. The van der Waals surface area contributed by atoms with E-state index >= 15 is 0 Å². The maximum atomic E-state index is 10.7. The quantitative estimate of drug-likeness (QED) is 0.730. The summed E-state index contributed by atoms with van der Waals surface area (Å²) in [5.41, 5.74) is 6.54. The summed E-state index contributed by atoms with van der Waals surface area (Å²) in [7, 11) is 1.64. The van der Waals surface area contributed by atoms with Crippen LogP contribution in [0.5, 0.6) is 0 Å². The molecule has 2 aromatic heterocycles. The van der Waals surface area contributed by atoms with Crippen LogP contribution >= 0.6 is 0 Å². The molecule has 142 valence electrons. The summed E-state index contributed by atoms with van der Waals surface area (Å²) in [6, 6.07) is 10.9. The van der Waals surface area contributed by atoms with Crippen molar-refractivity contribution in [3.63, 3.8) is 0 Å². The summed E-state index contributed by atoms with van der Waals surface area (Å²) in [4.78, 5) is 10.7. The largest absolute Gasteiger partial charge is 0.422 e. The predicted molar refractivity (Wildman–Crippen MR) is 96.8 cm³/mol. The van der Waals surface area contributed by atoms with Gasteiger partial charge in [0.1, 0.15) is 11.8 Å². The number of primary amides is 1. The minimum absolute atomic E-state index is 0.0730. The van der Waals surface area contributed by atoms with Crippen LogP contribution in [0.4, 0.5) is 0 Å². The van der Waals surface area contributed by atoms with Gasteiger partial charge in [0.05, 0.1) is 0 Å². The highest BCUT2D eigenvalue weighted by molar-refractivity contribution is 5.90. The van der Waals surface area contributed by atoms with Crippen LogP contribution < -0.4 is 5.73 Å². The van der Waals surface area contributed by atoms with Gasteiger partial charge >= 0.3 is 0 Å². The second kappa shape index (κ2) is 8.59. The van der Waals surface area contributed by atoms with Gasteiger partial charge in [0.2, 0.25) is 17.5 Å². The van der Waals surface area contributed by atoms with Crippen molar-refractivity contribution in [2.75, 3.05) is 7.11 Å². The van der Waals surface area contributed by atoms with E-state index in [1.807, 2.05) is 37.3 Å². The van der Waals surface area contributed by atoms with E-state index in [-0.39, 0.29) is 11.9 Å². The van der Waals surface area contributed by atoms with Gasteiger partial charge in [-0.15, -0.1) is 10.2 Å². The smallest absolute Gasteiger partial charge is 0.287 e. The molecule has 0 radical (unpaired) electrons. The number of nitrogens with two attached hydrogens (primary N) is 1. The summed E-state index contributed by atoms with van der Waals surface area (Å²) in [5.74, 6) is 1.34. The summed E-state index contributed by atoms with van der Waals surface area (Å²) < 4.78 is 15.3. The molecular formula is C19H22N4O4. The molecule has 2 heterocycles. The van der Waals surface area contributed by atoms with Crippen LogP contribution in [0.1, 0.15) is 60.5 Å². The van der Waals surface area contributed by atoms with Gasteiger partial charge in [-0.25, -0.2) is 0 Å². The van der Waals surface area contributed by atoms with Crippen LogP contribution in [0.3, 0.4) is 0 Å². The van der Waals surface area contributed by atoms with Crippen LogP contribution in [-0.2, 0) is 4.74 Å². The Morgan fingerprint density at radius 3 is 2.56 bits per heavy atom. The van der Waals surface area contributed by atoms with Crippen LogP contribution in [0.2, 0.25) is 0 Å². The fourth-order valence-electron chi connectivity index (χ4n) is 2.47. The molecule has 1 unspecified atom stereocenters. The molecule has 0 bridgehead atoms. The van der Waals surface area contributed by atoms with Crippen LogP contribution in [-0.4, -0.2) is 28.4 Å². The number of aromatic nitrogens is 3. The number of carbonyl (C=O) groups is 1. The molecule has 1 fully saturated rings. The number of ether oxygens (including phenoxy) is 1. The molecule has 1 aliphatic rings. The van der Waals surface area contributed by atoms with Crippen molar-refractivity contribution >= 4 is 5.91 Å². The number of methoxy groups -OCH3 is 1. The number of hydrogen-bond donors (Lipinski definition) is 1. The molecule has 8 nitrogen and oxygen atoms in total. The van der Waals surface area contributed by atoms with Crippen LogP contribution in [0.15, 0.2) is 45.3 Å². The highest BCUT2D eigenvalue weighted by atomic mass is 16.5. The lowest BCUT2D eigenvalue weighted by Gasteiger charge is -2.20. The molecule has 8 heteroatoms. The predicted octanol–water partition coefficient (Wildman–Crippen LogP) is 3.49. The second-order valence-electron chi connectivity index (χ2n) is 6.29. The van der Waals surface area contributed by atoms with Crippen LogP contribution in [0, 0.1) is 0 Å². The molecule has 4 rings (SSSR count). The lowest BCUT2D eigenvalue weighted by molar-refractivity contribution is 0.0923. The number of rotatable bonds is 5. The van der Waals surface area contributed by atoms with E-state index in [1.165, 1.54) is 25.3 Å². The zero-order chi connectivity index (χ0) is 19.2. The van der Waals surface area contributed by atoms with Crippen LogP contribution in [0.25, 0.3) is 11.3 Å². The van der Waals surface area contributed by atoms with Gasteiger partial charge in [-0.2, -0.15) is 0 Å². The number of nitrogens with zero attached hydrogens (tertiary/aromatic N) is 3. The second-order valence-corrected chi connectivity index (χ2v) is 6.29. The van der Waals surface area contributed by atoms with Gasteiger partial charge in [0.25, 0.3) is 5.91 Å². The van der Waals surface area contributed by atoms with E-state index in [0.717, 1.165) is 11.5 Å². The summed E-state index contributed by atoms with van der Waals surface area (Å²) in [6.07, 6.45) is 3.55. The number of amides is 1. The van der Waals surface area contributed by atoms with E-state index in [4.69, 9.17) is 19.4 Å². The van der Waals surface area contributed by atoms with Gasteiger partial charge in [-0.05, 0) is 19.8 Å². The molecule has 1 aliphatic carbocycles. The van der Waals surface area contributed by atoms with Crippen molar-refractivity contribution in [1.29, 1.82) is 0 Å². The maximum absolute atomic E-state index is 10.7. The molecule has 1 atom stereocenters. The zero-order valence-corrected chi connectivity index (χ0v) is 15.3. The highest BCUT2D eigenvalue weighted by Crippen LogP contribution is 2.35. The third-order valence-electron chi connectivity index (χ3n) is 4.43. The van der Waals surface area contributed by atoms with Crippen molar-refractivity contribution in [3.05, 3.63) is 53.9 Å². The fourth-order valence-corrected chi connectivity index (χ4v) is 2.47. The molecular weight excluding hydrogens is 348 g/mol. The van der Waals surface area contributed by atoms with Crippen molar-refractivity contribution in [2.45, 2.75) is 38.2 Å². The summed E-state index contributed by atoms with van der Waals surface area (Å²) in [6.45, 7) is 1.90. The van der Waals surface area contributed by atoms with Gasteiger partial charge in [-0.1, -0.05) is 41.9 Å². The highest BCUT2D eigenvalue weighted by Gasteiger charge is 2.26. The Hall–Kier alpha value is -3.00. The van der Waals surface area contributed by atoms with Crippen molar-refractivity contribution < 1.29 is 18.5 Å². The Kier molecular flexibility index (Phi) is 5.97. The first-order valence-electron chi connectivity index (χ1n) is 8.76. The lowest BCUT2D eigenvalue weighted by atomic mass is 9.85. The zero-order valence-electron chi connectivity index (χ0n) is 15.3. The third-order valence-corrected chi connectivity index (χ3v) is 4.43. The van der Waals surface area contributed by atoms with E-state index in [9.17, 15) is 4.79 Å². The topological polar surface area (TPSA) is 117 Å². The number of benzene rings is 1. The first-order chi connectivity index (χ1) is 13.1.